The second-order valence-electron chi connectivity index (χ2n) is 15.9. The van der Waals surface area contributed by atoms with Gasteiger partial charge in [0.2, 0.25) is 0 Å². The first kappa shape index (κ1) is 31.3. The zero-order valence-electron chi connectivity index (χ0n) is 43.3. The molecule has 0 saturated carbocycles. The van der Waals surface area contributed by atoms with Crippen LogP contribution in [0.15, 0.2) is 273 Å². The van der Waals surface area contributed by atoms with Gasteiger partial charge >= 0.3 is 0 Å². The molecule has 1 nitrogen and oxygen atoms in total. The maximum Gasteiger partial charge on any atom is 0.0645 e. The highest BCUT2D eigenvalue weighted by molar-refractivity contribution is 6.04. The van der Waals surface area contributed by atoms with Gasteiger partial charge in [0.05, 0.1) is 11.0 Å². The topological polar surface area (TPSA) is 3.24 Å². The summed E-state index contributed by atoms with van der Waals surface area (Å²) in [6.07, 6.45) is 0. The van der Waals surface area contributed by atoms with E-state index in [0.717, 1.165) is 66.4 Å². The highest BCUT2D eigenvalue weighted by Gasteiger charge is 2.17. The standard InChI is InChI=1S/C64H45N/c1-5-15-46(16-6-1)49-25-27-50(28-26-49)51-29-36-59(37-30-51)65(61-40-33-54(34-41-61)63-42-35-53-21-13-14-24-62(53)64(63)55-22-11-4-12-23-55)60-38-31-52(32-39-60)58-44-56(47-17-7-2-8-18-47)43-57(45-58)48-19-9-3-10-20-48/h1-45H/i29D,30D,31D,32D,36D,37D,38D,39D. The van der Waals surface area contributed by atoms with Gasteiger partial charge in [0.1, 0.15) is 0 Å². The number of nitrogens with zero attached hydrogens (tertiary/aromatic N) is 1. The Morgan fingerprint density at radius 1 is 0.246 bits per heavy atom. The fourth-order valence-electron chi connectivity index (χ4n) is 8.54. The zero-order chi connectivity index (χ0) is 50.3. The minimum absolute atomic E-state index is 0.0857. The molecule has 11 aromatic carbocycles. The van der Waals surface area contributed by atoms with Crippen molar-refractivity contribution < 1.29 is 11.0 Å². The zero-order valence-corrected chi connectivity index (χ0v) is 35.3. The molecule has 0 aromatic heterocycles. The Morgan fingerprint density at radius 2 is 0.615 bits per heavy atom. The second kappa shape index (κ2) is 17.7. The van der Waals surface area contributed by atoms with Gasteiger partial charge in [0, 0.05) is 17.1 Å². The number of hydrogen-bond acceptors (Lipinski definition) is 1. The number of benzene rings is 11. The molecule has 0 saturated heterocycles. The van der Waals surface area contributed by atoms with Crippen molar-refractivity contribution in [2.45, 2.75) is 0 Å². The molecule has 0 aliphatic carbocycles. The Hall–Kier alpha value is -8.52. The van der Waals surface area contributed by atoms with E-state index < -0.39 is 24.2 Å². The summed E-state index contributed by atoms with van der Waals surface area (Å²) in [5.41, 5.74) is 10.4. The third-order valence-electron chi connectivity index (χ3n) is 11.8. The SMILES string of the molecule is [2H]c1c([2H])c(N(c2ccc(-c3ccc4ccccc4c3-c3ccccc3)cc2)c2c([2H])c([2H])c(-c3cc(-c4ccccc4)cc(-c4ccccc4)c3)c([2H])c2[2H])c([2H])c([2H])c1-c1ccc(-c2ccccc2)cc1. The van der Waals surface area contributed by atoms with Crippen LogP contribution in [0.4, 0.5) is 17.1 Å². The summed E-state index contributed by atoms with van der Waals surface area (Å²) in [4.78, 5) is 1.37. The van der Waals surface area contributed by atoms with Gasteiger partial charge in [-0.05, 0) is 143 Å². The molecule has 0 bridgehead atoms. The van der Waals surface area contributed by atoms with Crippen molar-refractivity contribution in [1.82, 2.24) is 0 Å². The lowest BCUT2D eigenvalue weighted by molar-refractivity contribution is 1.28. The Bertz CT molecular complexity index is 3730. The van der Waals surface area contributed by atoms with E-state index in [1.54, 1.807) is 24.3 Å². The summed E-state index contributed by atoms with van der Waals surface area (Å²) in [6, 6.07) is 69.6. The predicted molar refractivity (Wildman–Crippen MR) is 277 cm³/mol. The molecule has 65 heavy (non-hydrogen) atoms. The number of hydrogen-bond donors (Lipinski definition) is 0. The van der Waals surface area contributed by atoms with Gasteiger partial charge in [-0.2, -0.15) is 0 Å². The smallest absolute Gasteiger partial charge is 0.0645 e. The highest BCUT2D eigenvalue weighted by Crippen LogP contribution is 2.42. The maximum absolute atomic E-state index is 9.83. The van der Waals surface area contributed by atoms with Gasteiger partial charge < -0.3 is 4.90 Å². The molecule has 0 amide bonds. The average molecular weight is 836 g/mol. The molecule has 0 atom stereocenters. The molecule has 0 aliphatic rings. The summed E-state index contributed by atoms with van der Waals surface area (Å²) >= 11 is 0. The van der Waals surface area contributed by atoms with Gasteiger partial charge in [-0.1, -0.05) is 218 Å². The Labute approximate surface area is 393 Å². The Balaban J connectivity index is 1.11. The van der Waals surface area contributed by atoms with Crippen LogP contribution >= 0.6 is 0 Å². The van der Waals surface area contributed by atoms with E-state index in [1.165, 1.54) is 4.90 Å². The molecule has 0 aliphatic heterocycles. The summed E-state index contributed by atoms with van der Waals surface area (Å²) in [7, 11) is 0. The molecule has 0 fully saturated rings. The lowest BCUT2D eigenvalue weighted by Gasteiger charge is -2.26. The van der Waals surface area contributed by atoms with Crippen LogP contribution in [-0.4, -0.2) is 0 Å². The van der Waals surface area contributed by atoms with E-state index in [0.29, 0.717) is 16.8 Å². The van der Waals surface area contributed by atoms with Crippen molar-refractivity contribution in [3.05, 3.63) is 273 Å². The molecular formula is C64H45N. The molecule has 306 valence electrons. The van der Waals surface area contributed by atoms with E-state index in [1.807, 2.05) is 158 Å². The minimum Gasteiger partial charge on any atom is -0.311 e. The van der Waals surface area contributed by atoms with Gasteiger partial charge in [-0.25, -0.2) is 0 Å². The van der Waals surface area contributed by atoms with Crippen molar-refractivity contribution in [1.29, 1.82) is 0 Å². The van der Waals surface area contributed by atoms with E-state index in [-0.39, 0.29) is 46.7 Å². The van der Waals surface area contributed by atoms with Crippen LogP contribution in [0.25, 0.3) is 88.7 Å². The van der Waals surface area contributed by atoms with Gasteiger partial charge in [-0.15, -0.1) is 0 Å². The molecule has 0 radical (unpaired) electrons. The van der Waals surface area contributed by atoms with E-state index in [4.69, 9.17) is 0 Å². The number of rotatable bonds is 10. The van der Waals surface area contributed by atoms with Crippen LogP contribution in [0, 0.1) is 0 Å². The van der Waals surface area contributed by atoms with Crippen LogP contribution in [0.3, 0.4) is 0 Å². The third-order valence-corrected chi connectivity index (χ3v) is 11.8. The Morgan fingerprint density at radius 3 is 1.12 bits per heavy atom. The van der Waals surface area contributed by atoms with Gasteiger partial charge in [-0.3, -0.25) is 0 Å². The fraction of sp³-hybridized carbons (Fsp3) is 0. The molecule has 0 N–H and O–H groups in total. The van der Waals surface area contributed by atoms with E-state index in [9.17, 15) is 11.0 Å². The Kier molecular flexibility index (Phi) is 8.53. The predicted octanol–water partition coefficient (Wildman–Crippen LogP) is 18.0. The molecule has 0 heterocycles. The summed E-state index contributed by atoms with van der Waals surface area (Å²) in [5.74, 6) is 0. The number of anilines is 3. The first-order valence-corrected chi connectivity index (χ1v) is 21.7. The van der Waals surface area contributed by atoms with Crippen molar-refractivity contribution in [3.63, 3.8) is 0 Å². The van der Waals surface area contributed by atoms with Crippen LogP contribution in [-0.2, 0) is 0 Å². The first-order chi connectivity index (χ1) is 35.6. The van der Waals surface area contributed by atoms with Crippen molar-refractivity contribution >= 4 is 27.8 Å². The van der Waals surface area contributed by atoms with Crippen LogP contribution in [0.5, 0.6) is 0 Å². The molecule has 11 aromatic rings. The molecule has 1 heteroatoms. The molecular weight excluding hydrogens is 783 g/mol. The molecule has 11 rings (SSSR count). The molecule has 0 unspecified atom stereocenters. The summed E-state index contributed by atoms with van der Waals surface area (Å²) < 4.78 is 77.5. The third kappa shape index (κ3) is 8.16. The van der Waals surface area contributed by atoms with Crippen LogP contribution in [0.1, 0.15) is 11.0 Å². The minimum atomic E-state index is -0.412. The van der Waals surface area contributed by atoms with Gasteiger partial charge in [0.25, 0.3) is 0 Å². The maximum atomic E-state index is 9.83. The summed E-state index contributed by atoms with van der Waals surface area (Å²) in [5, 5.41) is 2.16. The normalized spacial score (nSPS) is 12.8. The highest BCUT2D eigenvalue weighted by atomic mass is 15.1. The first-order valence-electron chi connectivity index (χ1n) is 25.7. The lowest BCUT2D eigenvalue weighted by Crippen LogP contribution is -2.09. The van der Waals surface area contributed by atoms with Crippen molar-refractivity contribution in [2.24, 2.45) is 0 Å². The van der Waals surface area contributed by atoms with E-state index in [2.05, 4.69) is 42.5 Å². The summed E-state index contributed by atoms with van der Waals surface area (Å²) in [6.45, 7) is 0. The lowest BCUT2D eigenvalue weighted by atomic mass is 9.90. The van der Waals surface area contributed by atoms with E-state index >= 15 is 0 Å². The second-order valence-corrected chi connectivity index (χ2v) is 15.9. The fourth-order valence-corrected chi connectivity index (χ4v) is 8.54. The largest absolute Gasteiger partial charge is 0.311 e. The monoisotopic (exact) mass is 835 g/mol. The van der Waals surface area contributed by atoms with Crippen LogP contribution < -0.4 is 4.90 Å². The number of fused-ring (bicyclic) bond motifs is 1. The molecule has 0 spiro atoms. The van der Waals surface area contributed by atoms with Gasteiger partial charge in [0.15, 0.2) is 0 Å². The van der Waals surface area contributed by atoms with Crippen LogP contribution in [0.2, 0.25) is 0 Å². The van der Waals surface area contributed by atoms with Crippen molar-refractivity contribution in [2.75, 3.05) is 4.90 Å². The quantitative estimate of drug-likeness (QED) is 0.133. The average Bonchev–Trinajstić information content (AvgIpc) is 3.44. The van der Waals surface area contributed by atoms with Crippen molar-refractivity contribution in [3.8, 4) is 77.9 Å².